The molecule has 0 aliphatic rings. The molecule has 3 nitrogen and oxygen atoms in total. The lowest BCUT2D eigenvalue weighted by Crippen LogP contribution is -2.15. The minimum absolute atomic E-state index is 0.0321. The Morgan fingerprint density at radius 2 is 2.00 bits per heavy atom. The van der Waals surface area contributed by atoms with E-state index in [4.69, 9.17) is 5.73 Å². The first-order valence-corrected chi connectivity index (χ1v) is 6.39. The lowest BCUT2D eigenvalue weighted by Gasteiger charge is -2.10. The minimum Gasteiger partial charge on any atom is -0.397 e. The number of carbonyl (C=O) groups excluding carboxylic acids is 1. The summed E-state index contributed by atoms with van der Waals surface area (Å²) in [5.74, 6) is -1.11. The highest BCUT2D eigenvalue weighted by Crippen LogP contribution is 2.22. The van der Waals surface area contributed by atoms with Crippen molar-refractivity contribution in [2.75, 3.05) is 11.1 Å². The van der Waals surface area contributed by atoms with Crippen molar-refractivity contribution < 1.29 is 9.18 Å². The number of benzene rings is 2. The van der Waals surface area contributed by atoms with Gasteiger partial charge in [0.1, 0.15) is 5.82 Å². The van der Waals surface area contributed by atoms with Crippen LogP contribution >= 0.6 is 15.9 Å². The highest BCUT2D eigenvalue weighted by molar-refractivity contribution is 9.10. The van der Waals surface area contributed by atoms with Gasteiger partial charge >= 0.3 is 0 Å². The summed E-state index contributed by atoms with van der Waals surface area (Å²) in [6.07, 6.45) is 0. The number of aryl methyl sites for hydroxylation is 1. The summed E-state index contributed by atoms with van der Waals surface area (Å²) in [4.78, 5) is 12.0. The van der Waals surface area contributed by atoms with Gasteiger partial charge in [-0.25, -0.2) is 4.39 Å². The molecular formula is C14H12BrFN2O. The van der Waals surface area contributed by atoms with Crippen LogP contribution in [0.5, 0.6) is 0 Å². The number of amides is 1. The van der Waals surface area contributed by atoms with Crippen LogP contribution in [0.3, 0.4) is 0 Å². The van der Waals surface area contributed by atoms with Crippen LogP contribution in [-0.2, 0) is 0 Å². The predicted molar refractivity (Wildman–Crippen MR) is 77.6 cm³/mol. The van der Waals surface area contributed by atoms with Crippen LogP contribution in [0.15, 0.2) is 40.9 Å². The molecule has 0 heterocycles. The van der Waals surface area contributed by atoms with Crippen LogP contribution in [0.2, 0.25) is 0 Å². The van der Waals surface area contributed by atoms with Gasteiger partial charge < -0.3 is 11.1 Å². The summed E-state index contributed by atoms with van der Waals surface area (Å²) in [5.41, 5.74) is 7.61. The average molecular weight is 323 g/mol. The quantitative estimate of drug-likeness (QED) is 0.828. The molecule has 3 N–H and O–H groups in total. The summed E-state index contributed by atoms with van der Waals surface area (Å²) < 4.78 is 14.2. The van der Waals surface area contributed by atoms with Crippen molar-refractivity contribution in [1.29, 1.82) is 0 Å². The summed E-state index contributed by atoms with van der Waals surface area (Å²) >= 11 is 3.20. The van der Waals surface area contributed by atoms with Crippen LogP contribution in [-0.4, -0.2) is 5.91 Å². The van der Waals surface area contributed by atoms with Crippen molar-refractivity contribution in [3.63, 3.8) is 0 Å². The lowest BCUT2D eigenvalue weighted by molar-refractivity contribution is 0.102. The number of hydrogen-bond donors (Lipinski definition) is 2. The van der Waals surface area contributed by atoms with Crippen molar-refractivity contribution in [1.82, 2.24) is 0 Å². The zero-order chi connectivity index (χ0) is 14.0. The molecule has 0 spiro atoms. The van der Waals surface area contributed by atoms with E-state index in [1.165, 1.54) is 18.2 Å². The van der Waals surface area contributed by atoms with Crippen LogP contribution < -0.4 is 11.1 Å². The first-order valence-electron chi connectivity index (χ1n) is 5.60. The Kier molecular flexibility index (Phi) is 3.85. The van der Waals surface area contributed by atoms with E-state index in [1.807, 2.05) is 13.0 Å². The molecule has 0 aliphatic carbocycles. The SMILES string of the molecule is Cc1ccc(N)c(NC(=O)c2cc(Br)ccc2F)c1. The van der Waals surface area contributed by atoms with Crippen LogP contribution in [0.4, 0.5) is 15.8 Å². The molecule has 2 aromatic carbocycles. The van der Waals surface area contributed by atoms with Gasteiger partial charge in [0.2, 0.25) is 0 Å². The minimum atomic E-state index is -0.577. The van der Waals surface area contributed by atoms with Gasteiger partial charge in [-0.15, -0.1) is 0 Å². The van der Waals surface area contributed by atoms with E-state index >= 15 is 0 Å². The summed E-state index contributed by atoms with van der Waals surface area (Å²) in [6.45, 7) is 1.88. The zero-order valence-corrected chi connectivity index (χ0v) is 11.8. The molecule has 0 atom stereocenters. The highest BCUT2D eigenvalue weighted by Gasteiger charge is 2.13. The average Bonchev–Trinajstić information content (AvgIpc) is 2.36. The topological polar surface area (TPSA) is 55.1 Å². The standard InChI is InChI=1S/C14H12BrFN2O/c1-8-2-5-12(17)13(6-8)18-14(19)10-7-9(15)3-4-11(10)16/h2-7H,17H2,1H3,(H,18,19). The largest absolute Gasteiger partial charge is 0.397 e. The van der Waals surface area contributed by atoms with Crippen LogP contribution in [0, 0.1) is 12.7 Å². The molecule has 2 aromatic rings. The molecule has 19 heavy (non-hydrogen) atoms. The Morgan fingerprint density at radius 1 is 1.26 bits per heavy atom. The molecule has 0 saturated heterocycles. The normalized spacial score (nSPS) is 10.3. The van der Waals surface area contributed by atoms with Gasteiger partial charge in [-0.1, -0.05) is 22.0 Å². The highest BCUT2D eigenvalue weighted by atomic mass is 79.9. The maximum atomic E-state index is 13.6. The van der Waals surface area contributed by atoms with E-state index in [9.17, 15) is 9.18 Å². The summed E-state index contributed by atoms with van der Waals surface area (Å²) in [6, 6.07) is 9.47. The predicted octanol–water partition coefficient (Wildman–Crippen LogP) is 3.73. The number of halogens is 2. The van der Waals surface area contributed by atoms with Gasteiger partial charge in [0.05, 0.1) is 16.9 Å². The molecule has 0 aromatic heterocycles. The molecule has 0 fully saturated rings. The Morgan fingerprint density at radius 3 is 2.74 bits per heavy atom. The molecule has 98 valence electrons. The monoisotopic (exact) mass is 322 g/mol. The number of nitrogen functional groups attached to an aromatic ring is 1. The Balaban J connectivity index is 2.30. The maximum Gasteiger partial charge on any atom is 0.258 e. The maximum absolute atomic E-state index is 13.6. The molecular weight excluding hydrogens is 311 g/mol. The number of carbonyl (C=O) groups is 1. The van der Waals surface area contributed by atoms with Crippen molar-refractivity contribution >= 4 is 33.2 Å². The third-order valence-corrected chi connectivity index (χ3v) is 3.12. The van der Waals surface area contributed by atoms with E-state index in [0.29, 0.717) is 15.8 Å². The number of anilines is 2. The lowest BCUT2D eigenvalue weighted by atomic mass is 10.1. The molecule has 0 bridgehead atoms. The molecule has 0 unspecified atom stereocenters. The second-order valence-electron chi connectivity index (χ2n) is 4.17. The van der Waals surface area contributed by atoms with Crippen molar-refractivity contribution in [2.24, 2.45) is 0 Å². The Bertz CT molecular complexity index is 643. The smallest absolute Gasteiger partial charge is 0.258 e. The third kappa shape index (κ3) is 3.12. The fourth-order valence-corrected chi connectivity index (χ4v) is 2.00. The zero-order valence-electron chi connectivity index (χ0n) is 10.2. The first kappa shape index (κ1) is 13.5. The molecule has 2 rings (SSSR count). The number of hydrogen-bond acceptors (Lipinski definition) is 2. The van der Waals surface area contributed by atoms with Crippen molar-refractivity contribution in [2.45, 2.75) is 6.92 Å². The third-order valence-electron chi connectivity index (χ3n) is 2.63. The van der Waals surface area contributed by atoms with E-state index in [2.05, 4.69) is 21.2 Å². The molecule has 0 saturated carbocycles. The van der Waals surface area contributed by atoms with E-state index in [1.54, 1.807) is 12.1 Å². The molecule has 0 radical (unpaired) electrons. The van der Waals surface area contributed by atoms with Gasteiger partial charge in [-0.3, -0.25) is 4.79 Å². The van der Waals surface area contributed by atoms with Crippen LogP contribution in [0.25, 0.3) is 0 Å². The Hall–Kier alpha value is -1.88. The van der Waals surface area contributed by atoms with Gasteiger partial charge in [-0.05, 0) is 42.8 Å². The molecule has 1 amide bonds. The van der Waals surface area contributed by atoms with Gasteiger partial charge in [0.25, 0.3) is 5.91 Å². The molecule has 5 heteroatoms. The fraction of sp³-hybridized carbons (Fsp3) is 0.0714. The summed E-state index contributed by atoms with van der Waals surface area (Å²) in [5, 5.41) is 2.61. The van der Waals surface area contributed by atoms with Gasteiger partial charge in [0.15, 0.2) is 0 Å². The number of nitrogens with two attached hydrogens (primary N) is 1. The number of rotatable bonds is 2. The van der Waals surface area contributed by atoms with Gasteiger partial charge in [-0.2, -0.15) is 0 Å². The Labute approximate surface area is 118 Å². The van der Waals surface area contributed by atoms with Crippen LogP contribution in [0.1, 0.15) is 15.9 Å². The van der Waals surface area contributed by atoms with Crippen molar-refractivity contribution in [3.8, 4) is 0 Å². The van der Waals surface area contributed by atoms with Gasteiger partial charge in [0, 0.05) is 4.47 Å². The fourth-order valence-electron chi connectivity index (χ4n) is 1.64. The molecule has 0 aliphatic heterocycles. The second kappa shape index (κ2) is 5.40. The first-order chi connectivity index (χ1) is 8.97. The van der Waals surface area contributed by atoms with E-state index in [0.717, 1.165) is 5.56 Å². The second-order valence-corrected chi connectivity index (χ2v) is 5.08. The number of nitrogens with one attached hydrogen (secondary N) is 1. The van der Waals surface area contributed by atoms with Crippen molar-refractivity contribution in [3.05, 3.63) is 57.8 Å². The van der Waals surface area contributed by atoms with E-state index in [-0.39, 0.29) is 5.56 Å². The van der Waals surface area contributed by atoms with E-state index < -0.39 is 11.7 Å². The summed E-state index contributed by atoms with van der Waals surface area (Å²) in [7, 11) is 0.